The van der Waals surface area contributed by atoms with E-state index in [1.165, 1.54) is 24.3 Å². The van der Waals surface area contributed by atoms with Gasteiger partial charge in [-0.15, -0.1) is 0 Å². The number of benzene rings is 1. The van der Waals surface area contributed by atoms with Gasteiger partial charge < -0.3 is 10.8 Å². The van der Waals surface area contributed by atoms with E-state index in [1.807, 2.05) is 0 Å². The summed E-state index contributed by atoms with van der Waals surface area (Å²) in [5.74, 6) is -1.72. The molecule has 1 amide bonds. The van der Waals surface area contributed by atoms with Crippen molar-refractivity contribution in [2.45, 2.75) is 0 Å². The number of hydrogen-bond donors (Lipinski definition) is 2. The Hall–Kier alpha value is -1.84. The van der Waals surface area contributed by atoms with Crippen LogP contribution < -0.4 is 5.73 Å². The lowest BCUT2D eigenvalue weighted by molar-refractivity contribution is -0.114. The van der Waals surface area contributed by atoms with Crippen LogP contribution in [0.2, 0.25) is 0 Å². The molecule has 0 aromatic heterocycles. The third-order valence-corrected chi connectivity index (χ3v) is 1.35. The number of aromatic hydroxyl groups is 1. The predicted octanol–water partition coefficient (Wildman–Crippen LogP) is 0.0602. The van der Waals surface area contributed by atoms with E-state index in [0.29, 0.717) is 0 Å². The molecule has 1 rings (SSSR count). The summed E-state index contributed by atoms with van der Waals surface area (Å²) in [6.45, 7) is 0. The second kappa shape index (κ2) is 3.04. The van der Waals surface area contributed by atoms with Gasteiger partial charge in [-0.2, -0.15) is 0 Å². The van der Waals surface area contributed by atoms with Crippen molar-refractivity contribution in [3.8, 4) is 5.75 Å². The number of rotatable bonds is 2. The van der Waals surface area contributed by atoms with E-state index in [-0.39, 0.29) is 11.3 Å². The molecule has 0 radical (unpaired) electrons. The van der Waals surface area contributed by atoms with Crippen LogP contribution in [0.1, 0.15) is 10.4 Å². The zero-order chi connectivity index (χ0) is 9.14. The summed E-state index contributed by atoms with van der Waals surface area (Å²) in [5, 5.41) is 8.85. The molecule has 0 fully saturated rings. The highest BCUT2D eigenvalue weighted by Gasteiger charge is 2.10. The van der Waals surface area contributed by atoms with Gasteiger partial charge in [-0.05, 0) is 24.3 Å². The number of carbonyl (C=O) groups is 2. The number of carbonyl (C=O) groups excluding carboxylic acids is 2. The average molecular weight is 165 g/mol. The number of phenolic OH excluding ortho intramolecular Hbond substituents is 1. The fraction of sp³-hybridized carbons (Fsp3) is 0. The van der Waals surface area contributed by atoms with E-state index in [0.717, 1.165) is 0 Å². The van der Waals surface area contributed by atoms with Crippen molar-refractivity contribution in [3.63, 3.8) is 0 Å². The Labute approximate surface area is 68.6 Å². The van der Waals surface area contributed by atoms with E-state index in [9.17, 15) is 9.59 Å². The Balaban J connectivity index is 2.98. The molecule has 12 heavy (non-hydrogen) atoms. The molecule has 1 aromatic carbocycles. The monoisotopic (exact) mass is 165 g/mol. The first-order valence-corrected chi connectivity index (χ1v) is 3.24. The van der Waals surface area contributed by atoms with Gasteiger partial charge >= 0.3 is 0 Å². The van der Waals surface area contributed by atoms with Gasteiger partial charge in [0.15, 0.2) is 0 Å². The molecule has 0 aliphatic rings. The van der Waals surface area contributed by atoms with Gasteiger partial charge in [0.25, 0.3) is 5.91 Å². The highest BCUT2D eigenvalue weighted by Crippen LogP contribution is 2.09. The van der Waals surface area contributed by atoms with Gasteiger partial charge in [-0.3, -0.25) is 9.59 Å². The molecule has 3 N–H and O–H groups in total. The molecule has 0 saturated carbocycles. The lowest BCUT2D eigenvalue weighted by Crippen LogP contribution is -2.22. The SMILES string of the molecule is NC(=O)C(=O)c1ccc(O)cc1. The Morgan fingerprint density at radius 2 is 1.67 bits per heavy atom. The molecule has 4 heteroatoms. The average Bonchev–Trinajstić information content (AvgIpc) is 2.04. The Morgan fingerprint density at radius 3 is 2.08 bits per heavy atom. The minimum atomic E-state index is -0.999. The molecule has 62 valence electrons. The maximum absolute atomic E-state index is 10.9. The molecule has 0 saturated heterocycles. The van der Waals surface area contributed by atoms with Crippen molar-refractivity contribution >= 4 is 11.7 Å². The lowest BCUT2D eigenvalue weighted by Gasteiger charge is -1.95. The minimum Gasteiger partial charge on any atom is -0.508 e. The molecule has 0 unspecified atom stereocenters. The molecule has 0 aliphatic carbocycles. The highest BCUT2D eigenvalue weighted by atomic mass is 16.3. The summed E-state index contributed by atoms with van der Waals surface area (Å²) in [7, 11) is 0. The third kappa shape index (κ3) is 1.60. The van der Waals surface area contributed by atoms with Crippen molar-refractivity contribution in [1.29, 1.82) is 0 Å². The standard InChI is InChI=1S/C8H7NO3/c9-8(12)7(11)5-1-3-6(10)4-2-5/h1-4,10H,(H2,9,12). The highest BCUT2D eigenvalue weighted by molar-refractivity contribution is 6.42. The zero-order valence-corrected chi connectivity index (χ0v) is 6.15. The van der Waals surface area contributed by atoms with E-state index in [2.05, 4.69) is 0 Å². The molecule has 1 aromatic rings. The smallest absolute Gasteiger partial charge is 0.289 e. The van der Waals surface area contributed by atoms with Crippen molar-refractivity contribution in [3.05, 3.63) is 29.8 Å². The topological polar surface area (TPSA) is 80.4 Å². The Kier molecular flexibility index (Phi) is 2.09. The lowest BCUT2D eigenvalue weighted by atomic mass is 10.1. The number of ketones is 1. The molecule has 0 bridgehead atoms. The quantitative estimate of drug-likeness (QED) is 0.480. The fourth-order valence-electron chi connectivity index (χ4n) is 0.755. The van der Waals surface area contributed by atoms with Crippen LogP contribution in [0.5, 0.6) is 5.75 Å². The summed E-state index contributed by atoms with van der Waals surface area (Å²) >= 11 is 0. The van der Waals surface area contributed by atoms with Crippen LogP contribution >= 0.6 is 0 Å². The molecular formula is C8H7NO3. The van der Waals surface area contributed by atoms with Crippen LogP contribution in [0.25, 0.3) is 0 Å². The largest absolute Gasteiger partial charge is 0.508 e. The zero-order valence-electron chi connectivity index (χ0n) is 6.15. The summed E-state index contributed by atoms with van der Waals surface area (Å²) in [6, 6.07) is 5.30. The van der Waals surface area contributed by atoms with Gasteiger partial charge in [0.1, 0.15) is 5.75 Å². The Morgan fingerprint density at radius 1 is 1.17 bits per heavy atom. The second-order valence-corrected chi connectivity index (χ2v) is 2.24. The number of primary amides is 1. The first kappa shape index (κ1) is 8.26. The number of amides is 1. The molecule has 0 spiro atoms. The van der Waals surface area contributed by atoms with E-state index in [4.69, 9.17) is 10.8 Å². The number of hydrogen-bond acceptors (Lipinski definition) is 3. The van der Waals surface area contributed by atoms with Crippen molar-refractivity contribution in [2.24, 2.45) is 5.73 Å². The van der Waals surface area contributed by atoms with E-state index >= 15 is 0 Å². The molecule has 0 aliphatic heterocycles. The molecule has 0 atom stereocenters. The van der Waals surface area contributed by atoms with Crippen LogP contribution in [0.15, 0.2) is 24.3 Å². The second-order valence-electron chi connectivity index (χ2n) is 2.24. The maximum atomic E-state index is 10.9. The van der Waals surface area contributed by atoms with Crippen molar-refractivity contribution in [2.75, 3.05) is 0 Å². The van der Waals surface area contributed by atoms with Gasteiger partial charge in [0, 0.05) is 5.56 Å². The van der Waals surface area contributed by atoms with Crippen LogP contribution in [0.4, 0.5) is 0 Å². The number of Topliss-reactive ketones (excluding diaryl/α,β-unsaturated/α-hetero) is 1. The van der Waals surface area contributed by atoms with Gasteiger partial charge in [0.2, 0.25) is 5.78 Å². The van der Waals surface area contributed by atoms with Gasteiger partial charge in [-0.1, -0.05) is 0 Å². The summed E-state index contributed by atoms with van der Waals surface area (Å²) in [6.07, 6.45) is 0. The number of nitrogens with two attached hydrogens (primary N) is 1. The summed E-state index contributed by atoms with van der Waals surface area (Å²) in [5.41, 5.74) is 4.94. The molecule has 0 heterocycles. The van der Waals surface area contributed by atoms with E-state index in [1.54, 1.807) is 0 Å². The normalized spacial score (nSPS) is 9.33. The van der Waals surface area contributed by atoms with Crippen LogP contribution in [-0.2, 0) is 4.79 Å². The van der Waals surface area contributed by atoms with Crippen molar-refractivity contribution < 1.29 is 14.7 Å². The maximum Gasteiger partial charge on any atom is 0.289 e. The van der Waals surface area contributed by atoms with Crippen LogP contribution in [-0.4, -0.2) is 16.8 Å². The van der Waals surface area contributed by atoms with Crippen LogP contribution in [0.3, 0.4) is 0 Å². The summed E-state index contributed by atoms with van der Waals surface area (Å²) < 4.78 is 0. The number of phenols is 1. The Bertz CT molecular complexity index is 316. The fourth-order valence-corrected chi connectivity index (χ4v) is 0.755. The molecular weight excluding hydrogens is 158 g/mol. The van der Waals surface area contributed by atoms with Gasteiger partial charge in [0.05, 0.1) is 0 Å². The predicted molar refractivity (Wildman–Crippen MR) is 41.6 cm³/mol. The molecule has 4 nitrogen and oxygen atoms in total. The van der Waals surface area contributed by atoms with E-state index < -0.39 is 11.7 Å². The first-order valence-electron chi connectivity index (χ1n) is 3.24. The third-order valence-electron chi connectivity index (χ3n) is 1.35. The van der Waals surface area contributed by atoms with Crippen LogP contribution in [0, 0.1) is 0 Å². The van der Waals surface area contributed by atoms with Crippen molar-refractivity contribution in [1.82, 2.24) is 0 Å². The minimum absolute atomic E-state index is 0.0380. The van der Waals surface area contributed by atoms with Gasteiger partial charge in [-0.25, -0.2) is 0 Å². The first-order chi connectivity index (χ1) is 5.61. The summed E-state index contributed by atoms with van der Waals surface area (Å²) in [4.78, 5) is 21.3.